The molecular weight excluding hydrogens is 312 g/mol. The summed E-state index contributed by atoms with van der Waals surface area (Å²) in [6.45, 7) is 5.48. The first-order valence-corrected chi connectivity index (χ1v) is 7.72. The van der Waals surface area contributed by atoms with Gasteiger partial charge in [-0.05, 0) is 38.8 Å². The van der Waals surface area contributed by atoms with E-state index in [1.807, 2.05) is 42.2 Å². The Morgan fingerprint density at radius 3 is 2.70 bits per heavy atom. The summed E-state index contributed by atoms with van der Waals surface area (Å²) < 4.78 is 0. The highest BCUT2D eigenvalue weighted by Gasteiger charge is 2.32. The molecule has 23 heavy (non-hydrogen) atoms. The molecule has 1 aliphatic rings. The molecule has 2 heterocycles. The Labute approximate surface area is 142 Å². The number of amides is 1. The number of aryl methyl sites for hydroxylation is 1. The van der Waals surface area contributed by atoms with Gasteiger partial charge in [0, 0.05) is 18.2 Å². The van der Waals surface area contributed by atoms with E-state index in [0.29, 0.717) is 18.2 Å². The number of aromatic nitrogens is 2. The minimum Gasteiger partial charge on any atom is -0.334 e. The highest BCUT2D eigenvalue weighted by atomic mass is 35.5. The number of aromatic amines is 1. The van der Waals surface area contributed by atoms with Crippen molar-refractivity contribution in [2.24, 2.45) is 11.7 Å². The van der Waals surface area contributed by atoms with E-state index in [4.69, 9.17) is 5.73 Å². The van der Waals surface area contributed by atoms with Gasteiger partial charge < -0.3 is 10.6 Å². The molecule has 0 aliphatic carbocycles. The molecule has 2 unspecified atom stereocenters. The minimum atomic E-state index is 0. The summed E-state index contributed by atoms with van der Waals surface area (Å²) in [7, 11) is 0. The fourth-order valence-electron chi connectivity index (χ4n) is 3.05. The number of halogens is 1. The van der Waals surface area contributed by atoms with Crippen molar-refractivity contribution in [2.75, 3.05) is 13.1 Å². The number of benzene rings is 1. The largest absolute Gasteiger partial charge is 0.334 e. The third-order valence-electron chi connectivity index (χ3n) is 4.41. The van der Waals surface area contributed by atoms with Crippen molar-refractivity contribution in [3.63, 3.8) is 0 Å². The number of carbonyl (C=O) groups excluding carboxylic acids is 1. The molecule has 1 saturated heterocycles. The molecule has 1 aromatic carbocycles. The summed E-state index contributed by atoms with van der Waals surface area (Å²) >= 11 is 0. The van der Waals surface area contributed by atoms with Crippen molar-refractivity contribution >= 4 is 18.3 Å². The lowest BCUT2D eigenvalue weighted by Crippen LogP contribution is -2.34. The van der Waals surface area contributed by atoms with E-state index in [-0.39, 0.29) is 24.4 Å². The van der Waals surface area contributed by atoms with Gasteiger partial charge in [0.15, 0.2) is 0 Å². The number of nitrogens with zero attached hydrogens (tertiary/aromatic N) is 2. The third-order valence-corrected chi connectivity index (χ3v) is 4.41. The Bertz CT molecular complexity index is 667. The number of hydrogen-bond donors (Lipinski definition) is 2. The lowest BCUT2D eigenvalue weighted by Gasteiger charge is -2.20. The van der Waals surface area contributed by atoms with Crippen LogP contribution in [-0.4, -0.2) is 40.1 Å². The van der Waals surface area contributed by atoms with Crippen LogP contribution in [0.5, 0.6) is 0 Å². The van der Waals surface area contributed by atoms with E-state index >= 15 is 0 Å². The maximum absolute atomic E-state index is 12.6. The van der Waals surface area contributed by atoms with E-state index < -0.39 is 0 Å². The standard InChI is InChI=1S/C17H22N4O.ClH/c1-11-3-5-14(6-4-11)15-8-16(20-19-15)17(22)21-10-13(9-18)7-12(21)2;/h3-6,8,12-13H,7,9-10,18H2,1-2H3,(H,19,20);1H. The zero-order chi connectivity index (χ0) is 15.7. The van der Waals surface area contributed by atoms with Crippen molar-refractivity contribution in [1.82, 2.24) is 15.1 Å². The number of likely N-dealkylation sites (tertiary alicyclic amines) is 1. The molecule has 1 amide bonds. The zero-order valence-electron chi connectivity index (χ0n) is 13.5. The molecule has 2 atom stereocenters. The van der Waals surface area contributed by atoms with Crippen LogP contribution in [0, 0.1) is 12.8 Å². The normalized spacial score (nSPS) is 20.4. The molecule has 0 saturated carbocycles. The summed E-state index contributed by atoms with van der Waals surface area (Å²) in [5, 5.41) is 7.15. The number of nitrogens with one attached hydrogen (secondary N) is 1. The van der Waals surface area contributed by atoms with E-state index in [1.54, 1.807) is 0 Å². The van der Waals surface area contributed by atoms with Gasteiger partial charge in [-0.25, -0.2) is 0 Å². The van der Waals surface area contributed by atoms with Gasteiger partial charge in [-0.15, -0.1) is 12.4 Å². The Morgan fingerprint density at radius 2 is 2.09 bits per heavy atom. The number of H-pyrrole nitrogens is 1. The predicted molar refractivity (Wildman–Crippen MR) is 93.7 cm³/mol. The van der Waals surface area contributed by atoms with Crippen LogP contribution in [0.1, 0.15) is 29.4 Å². The average molecular weight is 335 g/mol. The van der Waals surface area contributed by atoms with Crippen molar-refractivity contribution in [1.29, 1.82) is 0 Å². The summed E-state index contributed by atoms with van der Waals surface area (Å²) in [5.74, 6) is 0.410. The van der Waals surface area contributed by atoms with Gasteiger partial charge in [0.2, 0.25) is 0 Å². The summed E-state index contributed by atoms with van der Waals surface area (Å²) in [4.78, 5) is 14.5. The lowest BCUT2D eigenvalue weighted by atomic mass is 10.1. The molecule has 3 rings (SSSR count). The topological polar surface area (TPSA) is 75.0 Å². The van der Waals surface area contributed by atoms with Gasteiger partial charge in [-0.2, -0.15) is 5.10 Å². The first-order valence-electron chi connectivity index (χ1n) is 7.72. The highest BCUT2D eigenvalue weighted by molar-refractivity contribution is 5.93. The second-order valence-electron chi connectivity index (χ2n) is 6.18. The molecule has 1 aromatic heterocycles. The maximum Gasteiger partial charge on any atom is 0.272 e. The van der Waals surface area contributed by atoms with Crippen LogP contribution in [-0.2, 0) is 0 Å². The van der Waals surface area contributed by atoms with Crippen molar-refractivity contribution in [3.8, 4) is 11.3 Å². The van der Waals surface area contributed by atoms with Crippen molar-refractivity contribution < 1.29 is 4.79 Å². The fourth-order valence-corrected chi connectivity index (χ4v) is 3.05. The Balaban J connectivity index is 0.00000192. The lowest BCUT2D eigenvalue weighted by molar-refractivity contribution is 0.0737. The van der Waals surface area contributed by atoms with Crippen LogP contribution < -0.4 is 5.73 Å². The second-order valence-corrected chi connectivity index (χ2v) is 6.18. The first-order chi connectivity index (χ1) is 10.6. The smallest absolute Gasteiger partial charge is 0.272 e. The van der Waals surface area contributed by atoms with Crippen LogP contribution in [0.3, 0.4) is 0 Å². The molecule has 0 spiro atoms. The summed E-state index contributed by atoms with van der Waals surface area (Å²) in [5.41, 5.74) is 9.28. The van der Waals surface area contributed by atoms with Crippen LogP contribution in [0.15, 0.2) is 30.3 Å². The van der Waals surface area contributed by atoms with E-state index in [2.05, 4.69) is 17.1 Å². The molecule has 124 valence electrons. The van der Waals surface area contributed by atoms with Crippen molar-refractivity contribution in [2.45, 2.75) is 26.3 Å². The fraction of sp³-hybridized carbons (Fsp3) is 0.412. The number of rotatable bonds is 3. The van der Waals surface area contributed by atoms with Crippen LogP contribution in [0.25, 0.3) is 11.3 Å². The van der Waals surface area contributed by atoms with E-state index in [0.717, 1.165) is 24.2 Å². The molecule has 1 aliphatic heterocycles. The molecule has 2 aromatic rings. The number of carbonyl (C=O) groups is 1. The highest BCUT2D eigenvalue weighted by Crippen LogP contribution is 2.25. The minimum absolute atomic E-state index is 0. The molecule has 1 fully saturated rings. The van der Waals surface area contributed by atoms with E-state index in [1.165, 1.54) is 5.56 Å². The van der Waals surface area contributed by atoms with E-state index in [9.17, 15) is 4.79 Å². The molecule has 6 heteroatoms. The average Bonchev–Trinajstić information content (AvgIpc) is 3.14. The Hall–Kier alpha value is -1.85. The molecular formula is C17H23ClN4O. The zero-order valence-corrected chi connectivity index (χ0v) is 14.3. The monoisotopic (exact) mass is 334 g/mol. The van der Waals surface area contributed by atoms with Gasteiger partial charge in [0.25, 0.3) is 5.91 Å². The predicted octanol–water partition coefficient (Wildman–Crippen LogP) is 2.62. The molecule has 3 N–H and O–H groups in total. The molecule has 0 radical (unpaired) electrons. The molecule has 5 nitrogen and oxygen atoms in total. The molecule has 0 bridgehead atoms. The number of nitrogens with two attached hydrogens (primary N) is 1. The van der Waals surface area contributed by atoms with Gasteiger partial charge in [-0.1, -0.05) is 29.8 Å². The quantitative estimate of drug-likeness (QED) is 0.906. The van der Waals surface area contributed by atoms with Crippen LogP contribution in [0.4, 0.5) is 0 Å². The van der Waals surface area contributed by atoms with Gasteiger partial charge in [0.05, 0.1) is 5.69 Å². The SMILES string of the molecule is Cc1ccc(-c2cc(C(=O)N3CC(CN)CC3C)[nH]n2)cc1.Cl. The van der Waals surface area contributed by atoms with Gasteiger partial charge >= 0.3 is 0 Å². The van der Waals surface area contributed by atoms with Gasteiger partial charge in [-0.3, -0.25) is 9.89 Å². The Kier molecular flexibility index (Phi) is 5.44. The summed E-state index contributed by atoms with van der Waals surface area (Å²) in [6.07, 6.45) is 0.973. The number of hydrogen-bond acceptors (Lipinski definition) is 3. The van der Waals surface area contributed by atoms with Crippen molar-refractivity contribution in [3.05, 3.63) is 41.6 Å². The Morgan fingerprint density at radius 1 is 1.39 bits per heavy atom. The first kappa shape index (κ1) is 17.5. The van der Waals surface area contributed by atoms with Gasteiger partial charge in [0.1, 0.15) is 5.69 Å². The van der Waals surface area contributed by atoms with Crippen LogP contribution >= 0.6 is 12.4 Å². The maximum atomic E-state index is 12.6. The van der Waals surface area contributed by atoms with Crippen LogP contribution in [0.2, 0.25) is 0 Å². The second kappa shape index (κ2) is 7.15. The summed E-state index contributed by atoms with van der Waals surface area (Å²) in [6, 6.07) is 10.2. The third kappa shape index (κ3) is 3.57.